The first-order chi connectivity index (χ1) is 5.65. The molecule has 1 nitrogen and oxygen atoms in total. The van der Waals surface area contributed by atoms with Gasteiger partial charge in [-0.1, -0.05) is 13.3 Å². The van der Waals surface area contributed by atoms with Gasteiger partial charge in [0.25, 0.3) is 0 Å². The minimum atomic E-state index is 0. The molecule has 1 heterocycles. The molecule has 0 saturated carbocycles. The molecular weight excluding hydrogens is 270 g/mol. The van der Waals surface area contributed by atoms with Crippen molar-refractivity contribution in [3.63, 3.8) is 0 Å². The third-order valence-corrected chi connectivity index (χ3v) is 4.11. The normalized spacial score (nSPS) is 12.3. The van der Waals surface area contributed by atoms with Gasteiger partial charge in [-0.2, -0.15) is 0 Å². The number of nitrogens with two attached hydrogens (primary N) is 1. The molecule has 1 rings (SSSR count). The maximum absolute atomic E-state index is 5.98. The molecule has 0 aliphatic carbocycles. The number of rotatable bonds is 3. The molecule has 0 bridgehead atoms. The van der Waals surface area contributed by atoms with Crippen molar-refractivity contribution in [1.82, 2.24) is 0 Å². The van der Waals surface area contributed by atoms with Crippen LogP contribution in [0.2, 0.25) is 0 Å². The third-order valence-electron chi connectivity index (χ3n) is 1.84. The summed E-state index contributed by atoms with van der Waals surface area (Å²) in [4.78, 5) is 1.29. The van der Waals surface area contributed by atoms with Gasteiger partial charge in [-0.05, 0) is 40.9 Å². The fourth-order valence-corrected chi connectivity index (χ4v) is 2.73. The summed E-state index contributed by atoms with van der Waals surface area (Å²) in [5.74, 6) is 0. The second-order valence-corrected chi connectivity index (χ2v) is 5.40. The average molecular weight is 285 g/mol. The topological polar surface area (TPSA) is 26.0 Å². The van der Waals surface area contributed by atoms with Crippen LogP contribution in [0.3, 0.4) is 0 Å². The van der Waals surface area contributed by atoms with Crippen LogP contribution in [-0.2, 0) is 0 Å². The van der Waals surface area contributed by atoms with Crippen molar-refractivity contribution in [3.8, 4) is 0 Å². The van der Waals surface area contributed by atoms with Crippen molar-refractivity contribution in [3.05, 3.63) is 20.3 Å². The van der Waals surface area contributed by atoms with Crippen molar-refractivity contribution >= 4 is 39.7 Å². The van der Waals surface area contributed by atoms with Crippen LogP contribution in [0.25, 0.3) is 0 Å². The number of thiophene rings is 1. The summed E-state index contributed by atoms with van der Waals surface area (Å²) in [5.41, 5.74) is 7.27. The predicted molar refractivity (Wildman–Crippen MR) is 65.8 cm³/mol. The zero-order valence-electron chi connectivity index (χ0n) is 7.84. The van der Waals surface area contributed by atoms with Gasteiger partial charge in [0.05, 0.1) is 3.79 Å². The Labute approximate surface area is 98.3 Å². The first-order valence-corrected chi connectivity index (χ1v) is 5.77. The van der Waals surface area contributed by atoms with E-state index in [-0.39, 0.29) is 18.4 Å². The van der Waals surface area contributed by atoms with Gasteiger partial charge in [0.1, 0.15) is 0 Å². The Morgan fingerprint density at radius 3 is 2.62 bits per heavy atom. The highest BCUT2D eigenvalue weighted by Crippen LogP contribution is 2.31. The second-order valence-electron chi connectivity index (χ2n) is 3.00. The van der Waals surface area contributed by atoms with Gasteiger partial charge in [0, 0.05) is 10.9 Å². The summed E-state index contributed by atoms with van der Waals surface area (Å²) in [6.07, 6.45) is 2.22. The highest BCUT2D eigenvalue weighted by atomic mass is 79.9. The minimum absolute atomic E-state index is 0. The van der Waals surface area contributed by atoms with Crippen LogP contribution >= 0.6 is 39.7 Å². The highest BCUT2D eigenvalue weighted by molar-refractivity contribution is 9.11. The third kappa shape index (κ3) is 3.58. The minimum Gasteiger partial charge on any atom is -0.323 e. The summed E-state index contributed by atoms with van der Waals surface area (Å²) >= 11 is 5.25. The summed E-state index contributed by atoms with van der Waals surface area (Å²) in [5, 5.41) is 0. The Balaban J connectivity index is 0.00000144. The molecule has 0 saturated heterocycles. The van der Waals surface area contributed by atoms with Crippen molar-refractivity contribution in [2.24, 2.45) is 5.73 Å². The van der Waals surface area contributed by atoms with Gasteiger partial charge >= 0.3 is 0 Å². The molecule has 1 aromatic rings. The average Bonchev–Trinajstić information content (AvgIpc) is 2.33. The van der Waals surface area contributed by atoms with Crippen LogP contribution in [0.15, 0.2) is 9.85 Å². The zero-order valence-corrected chi connectivity index (χ0v) is 11.1. The van der Waals surface area contributed by atoms with E-state index in [4.69, 9.17) is 5.73 Å². The second kappa shape index (κ2) is 6.02. The molecule has 0 amide bonds. The van der Waals surface area contributed by atoms with E-state index in [0.29, 0.717) is 0 Å². The van der Waals surface area contributed by atoms with Gasteiger partial charge in [-0.3, -0.25) is 0 Å². The van der Waals surface area contributed by atoms with E-state index in [1.165, 1.54) is 14.2 Å². The number of aryl methyl sites for hydroxylation is 1. The Bertz CT molecular complexity index is 243. The number of halogens is 2. The fraction of sp³-hybridized carbons (Fsp3) is 0.556. The lowest BCUT2D eigenvalue weighted by Gasteiger charge is -2.05. The molecular formula is C9H15BrClNS. The van der Waals surface area contributed by atoms with Crippen LogP contribution in [0.4, 0.5) is 0 Å². The molecule has 0 spiro atoms. The summed E-state index contributed by atoms with van der Waals surface area (Å²) in [7, 11) is 0. The first kappa shape index (κ1) is 13.4. The van der Waals surface area contributed by atoms with E-state index in [2.05, 4.69) is 35.8 Å². The molecule has 2 N–H and O–H groups in total. The first-order valence-electron chi connectivity index (χ1n) is 4.16. The van der Waals surface area contributed by atoms with Crippen LogP contribution < -0.4 is 5.73 Å². The quantitative estimate of drug-likeness (QED) is 0.890. The van der Waals surface area contributed by atoms with E-state index in [9.17, 15) is 0 Å². The summed E-state index contributed by atoms with van der Waals surface area (Å²) < 4.78 is 1.21. The molecule has 76 valence electrons. The van der Waals surface area contributed by atoms with E-state index < -0.39 is 0 Å². The summed E-state index contributed by atoms with van der Waals surface area (Å²) in [6.45, 7) is 4.26. The van der Waals surface area contributed by atoms with Gasteiger partial charge in [0.15, 0.2) is 0 Å². The summed E-state index contributed by atoms with van der Waals surface area (Å²) in [6, 6.07) is 2.40. The van der Waals surface area contributed by atoms with Gasteiger partial charge in [-0.15, -0.1) is 23.7 Å². The molecule has 0 aliphatic rings. The SMILES string of the molecule is CCC[C@@H](N)c1cc(C)c(Br)s1.Cl. The van der Waals surface area contributed by atoms with Crippen molar-refractivity contribution in [2.75, 3.05) is 0 Å². The zero-order chi connectivity index (χ0) is 9.14. The number of hydrogen-bond acceptors (Lipinski definition) is 2. The lowest BCUT2D eigenvalue weighted by atomic mass is 10.1. The van der Waals surface area contributed by atoms with Crippen molar-refractivity contribution < 1.29 is 0 Å². The van der Waals surface area contributed by atoms with E-state index in [0.717, 1.165) is 12.8 Å². The van der Waals surface area contributed by atoms with Gasteiger partial charge < -0.3 is 5.73 Å². The molecule has 0 unspecified atom stereocenters. The lowest BCUT2D eigenvalue weighted by Crippen LogP contribution is -2.07. The van der Waals surface area contributed by atoms with Crippen molar-refractivity contribution in [2.45, 2.75) is 32.7 Å². The number of hydrogen-bond donors (Lipinski definition) is 1. The molecule has 1 atom stereocenters. The maximum Gasteiger partial charge on any atom is 0.0731 e. The molecule has 0 aliphatic heterocycles. The smallest absolute Gasteiger partial charge is 0.0731 e. The molecule has 13 heavy (non-hydrogen) atoms. The molecule has 0 radical (unpaired) electrons. The van der Waals surface area contributed by atoms with Crippen LogP contribution in [0.1, 0.15) is 36.2 Å². The van der Waals surface area contributed by atoms with E-state index >= 15 is 0 Å². The predicted octanol–water partition coefficient (Wildman–Crippen LogP) is 4.04. The lowest BCUT2D eigenvalue weighted by molar-refractivity contribution is 0.648. The Morgan fingerprint density at radius 1 is 1.62 bits per heavy atom. The van der Waals surface area contributed by atoms with Gasteiger partial charge in [0.2, 0.25) is 0 Å². The van der Waals surface area contributed by atoms with E-state index in [1.807, 2.05) is 0 Å². The largest absolute Gasteiger partial charge is 0.323 e. The fourth-order valence-electron chi connectivity index (χ4n) is 1.12. The maximum atomic E-state index is 5.98. The Kier molecular flexibility index (Phi) is 6.21. The molecule has 1 aromatic heterocycles. The van der Waals surface area contributed by atoms with E-state index in [1.54, 1.807) is 11.3 Å². The molecule has 4 heteroatoms. The van der Waals surface area contributed by atoms with Crippen LogP contribution in [0, 0.1) is 6.92 Å². The van der Waals surface area contributed by atoms with Crippen LogP contribution in [0.5, 0.6) is 0 Å². The Morgan fingerprint density at radius 2 is 2.23 bits per heavy atom. The van der Waals surface area contributed by atoms with Gasteiger partial charge in [-0.25, -0.2) is 0 Å². The molecule has 0 aromatic carbocycles. The monoisotopic (exact) mass is 283 g/mol. The standard InChI is InChI=1S/C9H14BrNS.ClH/c1-3-4-7(11)8-5-6(2)9(10)12-8;/h5,7H,3-4,11H2,1-2H3;1H/t7-;/m1./s1. The van der Waals surface area contributed by atoms with Crippen LogP contribution in [-0.4, -0.2) is 0 Å². The highest BCUT2D eigenvalue weighted by Gasteiger charge is 2.09. The van der Waals surface area contributed by atoms with Crippen molar-refractivity contribution in [1.29, 1.82) is 0 Å². The Hall–Kier alpha value is 0.430. The molecule has 0 fully saturated rings.